The van der Waals surface area contributed by atoms with Crippen molar-refractivity contribution in [3.8, 4) is 11.5 Å². The van der Waals surface area contributed by atoms with Gasteiger partial charge in [0.2, 0.25) is 0 Å². The maximum Gasteiger partial charge on any atom is 0.268 e. The molecule has 1 aromatic rings. The Balaban J connectivity index is 2.49. The van der Waals surface area contributed by atoms with Crippen LogP contribution in [0, 0.1) is 0 Å². The zero-order chi connectivity index (χ0) is 11.9. The van der Waals surface area contributed by atoms with Gasteiger partial charge in [0.05, 0.1) is 18.5 Å². The van der Waals surface area contributed by atoms with E-state index in [1.54, 1.807) is 26.0 Å². The van der Waals surface area contributed by atoms with Crippen LogP contribution in [0.4, 0.5) is 11.4 Å². The third-order valence-electron chi connectivity index (χ3n) is 2.49. The molecule has 0 fully saturated rings. The van der Waals surface area contributed by atoms with Crippen molar-refractivity contribution in [2.24, 2.45) is 0 Å². The summed E-state index contributed by atoms with van der Waals surface area (Å²) in [5.74, 6) is 0.908. The molecule has 3 N–H and O–H groups in total. The van der Waals surface area contributed by atoms with Gasteiger partial charge in [0.25, 0.3) is 5.91 Å². The number of hydrogen-bond donors (Lipinski definition) is 2. The number of hydrogen-bond acceptors (Lipinski definition) is 4. The number of carbonyl (C=O) groups is 1. The molecular formula is C11H14N2O3. The molecule has 0 spiro atoms. The van der Waals surface area contributed by atoms with Crippen LogP contribution < -0.4 is 20.5 Å². The fraction of sp³-hybridized carbons (Fsp3) is 0.364. The summed E-state index contributed by atoms with van der Waals surface area (Å²) in [5, 5.41) is 2.74. The Bertz CT molecular complexity index is 455. The summed E-state index contributed by atoms with van der Waals surface area (Å²) < 4.78 is 10.7. The molecule has 2 rings (SSSR count). The first kappa shape index (κ1) is 10.6. The fourth-order valence-electron chi connectivity index (χ4n) is 1.53. The third-order valence-corrected chi connectivity index (χ3v) is 2.49. The van der Waals surface area contributed by atoms with Crippen molar-refractivity contribution in [2.75, 3.05) is 18.2 Å². The van der Waals surface area contributed by atoms with Crippen molar-refractivity contribution in [3.05, 3.63) is 12.1 Å². The van der Waals surface area contributed by atoms with E-state index in [1.165, 1.54) is 7.11 Å². The SMILES string of the molecule is COc1cc2c(cc1N)NC(=O)C(C)(C)O2. The highest BCUT2D eigenvalue weighted by Gasteiger charge is 2.35. The lowest BCUT2D eigenvalue weighted by Crippen LogP contribution is -2.45. The van der Waals surface area contributed by atoms with Gasteiger partial charge in [-0.25, -0.2) is 0 Å². The van der Waals surface area contributed by atoms with E-state index < -0.39 is 5.60 Å². The van der Waals surface area contributed by atoms with Gasteiger partial charge in [-0.05, 0) is 19.9 Å². The second-order valence-corrected chi connectivity index (χ2v) is 4.16. The van der Waals surface area contributed by atoms with Crippen molar-refractivity contribution >= 4 is 17.3 Å². The lowest BCUT2D eigenvalue weighted by atomic mass is 10.1. The van der Waals surface area contributed by atoms with Crippen LogP contribution >= 0.6 is 0 Å². The van der Waals surface area contributed by atoms with Gasteiger partial charge in [0, 0.05) is 6.07 Å². The Morgan fingerprint density at radius 2 is 2.12 bits per heavy atom. The molecule has 86 valence electrons. The van der Waals surface area contributed by atoms with E-state index in [0.717, 1.165) is 0 Å². The van der Waals surface area contributed by atoms with Gasteiger partial charge in [0.15, 0.2) is 5.60 Å². The summed E-state index contributed by atoms with van der Waals surface area (Å²) in [4.78, 5) is 11.6. The minimum Gasteiger partial charge on any atom is -0.494 e. The molecule has 1 aliphatic rings. The molecule has 0 aliphatic carbocycles. The number of nitrogen functional groups attached to an aromatic ring is 1. The molecule has 1 amide bonds. The Kier molecular flexibility index (Phi) is 2.18. The number of rotatable bonds is 1. The number of nitrogens with one attached hydrogen (secondary N) is 1. The summed E-state index contributed by atoms with van der Waals surface area (Å²) in [6, 6.07) is 3.30. The van der Waals surface area contributed by atoms with Crippen LogP contribution in [-0.4, -0.2) is 18.6 Å². The Morgan fingerprint density at radius 1 is 1.44 bits per heavy atom. The zero-order valence-corrected chi connectivity index (χ0v) is 9.46. The van der Waals surface area contributed by atoms with Gasteiger partial charge in [-0.1, -0.05) is 0 Å². The van der Waals surface area contributed by atoms with Crippen LogP contribution in [0.15, 0.2) is 12.1 Å². The van der Waals surface area contributed by atoms with Gasteiger partial charge in [-0.15, -0.1) is 0 Å². The monoisotopic (exact) mass is 222 g/mol. The quantitative estimate of drug-likeness (QED) is 0.704. The van der Waals surface area contributed by atoms with Gasteiger partial charge in [-0.2, -0.15) is 0 Å². The van der Waals surface area contributed by atoms with Crippen LogP contribution in [0.5, 0.6) is 11.5 Å². The number of benzene rings is 1. The fourth-order valence-corrected chi connectivity index (χ4v) is 1.53. The number of fused-ring (bicyclic) bond motifs is 1. The maximum absolute atomic E-state index is 11.6. The van der Waals surface area contributed by atoms with E-state index in [0.29, 0.717) is 22.9 Å². The molecule has 1 heterocycles. The number of amides is 1. The summed E-state index contributed by atoms with van der Waals surface area (Å²) >= 11 is 0. The van der Waals surface area contributed by atoms with E-state index in [9.17, 15) is 4.79 Å². The van der Waals surface area contributed by atoms with Gasteiger partial charge >= 0.3 is 0 Å². The molecule has 0 atom stereocenters. The average molecular weight is 222 g/mol. The predicted octanol–water partition coefficient (Wildman–Crippen LogP) is 1.39. The van der Waals surface area contributed by atoms with Crippen molar-refractivity contribution in [1.29, 1.82) is 0 Å². The van der Waals surface area contributed by atoms with Crippen LogP contribution in [0.1, 0.15) is 13.8 Å². The van der Waals surface area contributed by atoms with Crippen LogP contribution in [0.3, 0.4) is 0 Å². The Morgan fingerprint density at radius 3 is 2.75 bits per heavy atom. The molecule has 5 nitrogen and oxygen atoms in total. The van der Waals surface area contributed by atoms with Crippen molar-refractivity contribution in [3.63, 3.8) is 0 Å². The summed E-state index contributed by atoms with van der Waals surface area (Å²) in [7, 11) is 1.53. The molecule has 5 heteroatoms. The Hall–Kier alpha value is -1.91. The molecule has 0 bridgehead atoms. The summed E-state index contributed by atoms with van der Waals surface area (Å²) in [6.45, 7) is 3.40. The molecular weight excluding hydrogens is 208 g/mol. The van der Waals surface area contributed by atoms with Gasteiger partial charge < -0.3 is 20.5 Å². The molecule has 0 unspecified atom stereocenters. The van der Waals surface area contributed by atoms with Crippen LogP contribution in [0.2, 0.25) is 0 Å². The molecule has 0 saturated heterocycles. The molecule has 0 saturated carbocycles. The zero-order valence-electron chi connectivity index (χ0n) is 9.46. The standard InChI is InChI=1S/C11H14N2O3/c1-11(2)10(14)13-7-4-6(12)8(15-3)5-9(7)16-11/h4-5H,12H2,1-3H3,(H,13,14). The van der Waals surface area contributed by atoms with Crippen LogP contribution in [-0.2, 0) is 4.79 Å². The first-order chi connectivity index (χ1) is 7.44. The number of carbonyl (C=O) groups excluding carboxylic acids is 1. The number of anilines is 2. The van der Waals surface area contributed by atoms with E-state index in [-0.39, 0.29) is 5.91 Å². The first-order valence-electron chi connectivity index (χ1n) is 4.92. The van der Waals surface area contributed by atoms with Crippen molar-refractivity contribution in [2.45, 2.75) is 19.4 Å². The highest BCUT2D eigenvalue weighted by Crippen LogP contribution is 2.39. The molecule has 0 aromatic heterocycles. The smallest absolute Gasteiger partial charge is 0.268 e. The average Bonchev–Trinajstić information content (AvgIpc) is 2.20. The molecule has 1 aromatic carbocycles. The predicted molar refractivity (Wildman–Crippen MR) is 60.7 cm³/mol. The number of methoxy groups -OCH3 is 1. The second-order valence-electron chi connectivity index (χ2n) is 4.16. The summed E-state index contributed by atoms with van der Waals surface area (Å²) in [5.41, 5.74) is 5.89. The van der Waals surface area contributed by atoms with Crippen molar-refractivity contribution in [1.82, 2.24) is 0 Å². The maximum atomic E-state index is 11.6. The van der Waals surface area contributed by atoms with Crippen molar-refractivity contribution < 1.29 is 14.3 Å². The van der Waals surface area contributed by atoms with Gasteiger partial charge in [0.1, 0.15) is 11.5 Å². The minimum absolute atomic E-state index is 0.190. The number of nitrogens with two attached hydrogens (primary N) is 1. The molecule has 0 radical (unpaired) electrons. The third kappa shape index (κ3) is 1.54. The highest BCUT2D eigenvalue weighted by atomic mass is 16.5. The van der Waals surface area contributed by atoms with E-state index in [1.807, 2.05) is 0 Å². The molecule has 16 heavy (non-hydrogen) atoms. The second kappa shape index (κ2) is 3.30. The first-order valence-corrected chi connectivity index (χ1v) is 4.92. The van der Waals surface area contributed by atoms with E-state index >= 15 is 0 Å². The lowest BCUT2D eigenvalue weighted by Gasteiger charge is -2.31. The van der Waals surface area contributed by atoms with E-state index in [2.05, 4.69) is 5.32 Å². The van der Waals surface area contributed by atoms with Gasteiger partial charge in [-0.3, -0.25) is 4.79 Å². The minimum atomic E-state index is -0.881. The Labute approximate surface area is 93.5 Å². The normalized spacial score (nSPS) is 17.1. The summed E-state index contributed by atoms with van der Waals surface area (Å²) in [6.07, 6.45) is 0. The van der Waals surface area contributed by atoms with E-state index in [4.69, 9.17) is 15.2 Å². The lowest BCUT2D eigenvalue weighted by molar-refractivity contribution is -0.129. The highest BCUT2D eigenvalue weighted by molar-refractivity contribution is 6.00. The topological polar surface area (TPSA) is 73.6 Å². The van der Waals surface area contributed by atoms with Crippen LogP contribution in [0.25, 0.3) is 0 Å². The largest absolute Gasteiger partial charge is 0.494 e. The molecule has 1 aliphatic heterocycles. The number of ether oxygens (including phenoxy) is 2.